The molecule has 0 aliphatic heterocycles. The lowest BCUT2D eigenvalue weighted by Crippen LogP contribution is -2.29. The van der Waals surface area contributed by atoms with Gasteiger partial charge in [-0.15, -0.1) is 0 Å². The Kier molecular flexibility index (Phi) is 2.07. The molecule has 2 fully saturated rings. The first-order valence-electron chi connectivity index (χ1n) is 5.00. The lowest BCUT2D eigenvalue weighted by Gasteiger charge is -2.21. The van der Waals surface area contributed by atoms with Crippen molar-refractivity contribution in [1.29, 1.82) is 0 Å². The van der Waals surface area contributed by atoms with Crippen LogP contribution in [-0.2, 0) is 4.79 Å². The molecule has 2 saturated carbocycles. The van der Waals surface area contributed by atoms with Crippen molar-refractivity contribution in [3.05, 3.63) is 0 Å². The van der Waals surface area contributed by atoms with Crippen molar-refractivity contribution in [2.75, 3.05) is 6.54 Å². The Balaban J connectivity index is 1.79. The topological polar surface area (TPSA) is 29.1 Å². The fourth-order valence-electron chi connectivity index (χ4n) is 2.90. The Morgan fingerprint density at radius 3 is 2.75 bits per heavy atom. The van der Waals surface area contributed by atoms with Crippen LogP contribution in [0, 0.1) is 17.8 Å². The summed E-state index contributed by atoms with van der Waals surface area (Å²) in [7, 11) is 0. The highest BCUT2D eigenvalue weighted by atomic mass is 16.1. The van der Waals surface area contributed by atoms with Gasteiger partial charge in [-0.25, -0.2) is 0 Å². The highest BCUT2D eigenvalue weighted by Gasteiger charge is 2.38. The number of hydrogen-bond donors (Lipinski definition) is 1. The van der Waals surface area contributed by atoms with Crippen molar-refractivity contribution in [3.8, 4) is 0 Å². The van der Waals surface area contributed by atoms with Crippen LogP contribution in [-0.4, -0.2) is 12.5 Å². The quantitative estimate of drug-likeness (QED) is 0.664. The molecule has 3 unspecified atom stereocenters. The average Bonchev–Trinajstić information content (AvgIpc) is 2.60. The molecule has 3 atom stereocenters. The van der Waals surface area contributed by atoms with E-state index in [1.807, 2.05) is 0 Å². The Hall–Kier alpha value is -0.530. The van der Waals surface area contributed by atoms with Crippen molar-refractivity contribution >= 4 is 5.91 Å². The Bertz CT molecular complexity index is 190. The van der Waals surface area contributed by atoms with E-state index in [1.165, 1.54) is 25.7 Å². The third kappa shape index (κ3) is 1.47. The van der Waals surface area contributed by atoms with Crippen LogP contribution >= 0.6 is 0 Å². The molecule has 2 bridgehead atoms. The van der Waals surface area contributed by atoms with Gasteiger partial charge in [-0.05, 0) is 37.0 Å². The van der Waals surface area contributed by atoms with Gasteiger partial charge in [-0.3, -0.25) is 4.79 Å². The van der Waals surface area contributed by atoms with E-state index < -0.39 is 0 Å². The molecule has 1 amide bonds. The first kappa shape index (κ1) is 8.09. The summed E-state index contributed by atoms with van der Waals surface area (Å²) in [5.41, 5.74) is 0. The summed E-state index contributed by atoms with van der Waals surface area (Å²) < 4.78 is 0. The molecule has 2 nitrogen and oxygen atoms in total. The van der Waals surface area contributed by atoms with Gasteiger partial charge in [0.1, 0.15) is 0 Å². The zero-order chi connectivity index (χ0) is 8.55. The Morgan fingerprint density at radius 2 is 2.25 bits per heavy atom. The molecule has 0 aromatic carbocycles. The van der Waals surface area contributed by atoms with Gasteiger partial charge in [0, 0.05) is 13.5 Å². The monoisotopic (exact) mass is 167 g/mol. The van der Waals surface area contributed by atoms with Crippen molar-refractivity contribution in [1.82, 2.24) is 5.32 Å². The number of carbonyl (C=O) groups is 1. The third-order valence-corrected chi connectivity index (χ3v) is 3.50. The molecular weight excluding hydrogens is 150 g/mol. The zero-order valence-electron chi connectivity index (χ0n) is 7.68. The highest BCUT2D eigenvalue weighted by molar-refractivity contribution is 5.72. The average molecular weight is 167 g/mol. The van der Waals surface area contributed by atoms with Gasteiger partial charge in [0.2, 0.25) is 5.91 Å². The van der Waals surface area contributed by atoms with Gasteiger partial charge in [0.05, 0.1) is 0 Å². The lowest BCUT2D eigenvalue weighted by molar-refractivity contribution is -0.119. The smallest absolute Gasteiger partial charge is 0.216 e. The number of nitrogens with one attached hydrogen (secondary N) is 1. The summed E-state index contributed by atoms with van der Waals surface area (Å²) in [4.78, 5) is 10.7. The third-order valence-electron chi connectivity index (χ3n) is 3.50. The van der Waals surface area contributed by atoms with Crippen LogP contribution < -0.4 is 5.32 Å². The molecule has 1 N–H and O–H groups in total. The van der Waals surface area contributed by atoms with Crippen LogP contribution in [0.1, 0.15) is 32.6 Å². The maximum atomic E-state index is 10.7. The van der Waals surface area contributed by atoms with Gasteiger partial charge in [0.15, 0.2) is 0 Å². The SMILES string of the molecule is CC(=O)NCC1CC2CCC1C2. The van der Waals surface area contributed by atoms with Crippen LogP contribution in [0.4, 0.5) is 0 Å². The number of hydrogen-bond acceptors (Lipinski definition) is 1. The van der Waals surface area contributed by atoms with E-state index in [9.17, 15) is 4.79 Å². The zero-order valence-corrected chi connectivity index (χ0v) is 7.68. The van der Waals surface area contributed by atoms with E-state index in [4.69, 9.17) is 0 Å². The van der Waals surface area contributed by atoms with E-state index in [-0.39, 0.29) is 5.91 Å². The molecule has 2 aliphatic rings. The van der Waals surface area contributed by atoms with E-state index in [1.54, 1.807) is 6.92 Å². The number of carbonyl (C=O) groups excluding carboxylic acids is 1. The standard InChI is InChI=1S/C10H17NO/c1-7(12)11-6-10-5-8-2-3-9(10)4-8/h8-10H,2-6H2,1H3,(H,11,12). The second kappa shape index (κ2) is 3.08. The van der Waals surface area contributed by atoms with E-state index in [2.05, 4.69) is 5.32 Å². The molecule has 2 aliphatic carbocycles. The molecule has 0 saturated heterocycles. The second-order valence-electron chi connectivity index (χ2n) is 4.37. The molecule has 0 spiro atoms. The number of fused-ring (bicyclic) bond motifs is 2. The van der Waals surface area contributed by atoms with Gasteiger partial charge in [-0.1, -0.05) is 6.42 Å². The van der Waals surface area contributed by atoms with Crippen molar-refractivity contribution in [2.24, 2.45) is 17.8 Å². The summed E-state index contributed by atoms with van der Waals surface area (Å²) >= 11 is 0. The molecule has 0 radical (unpaired) electrons. The first-order valence-corrected chi connectivity index (χ1v) is 5.00. The minimum atomic E-state index is 0.123. The highest BCUT2D eigenvalue weighted by Crippen LogP contribution is 2.47. The largest absolute Gasteiger partial charge is 0.356 e. The summed E-state index contributed by atoms with van der Waals surface area (Å²) in [5.74, 6) is 2.85. The van der Waals surface area contributed by atoms with Gasteiger partial charge < -0.3 is 5.32 Å². The van der Waals surface area contributed by atoms with Crippen LogP contribution in [0.25, 0.3) is 0 Å². The number of amides is 1. The van der Waals surface area contributed by atoms with E-state index in [0.29, 0.717) is 0 Å². The fourth-order valence-corrected chi connectivity index (χ4v) is 2.90. The maximum absolute atomic E-state index is 10.7. The number of rotatable bonds is 2. The Morgan fingerprint density at radius 1 is 1.42 bits per heavy atom. The minimum Gasteiger partial charge on any atom is -0.356 e. The van der Waals surface area contributed by atoms with Gasteiger partial charge >= 0.3 is 0 Å². The second-order valence-corrected chi connectivity index (χ2v) is 4.37. The normalized spacial score (nSPS) is 38.6. The van der Waals surface area contributed by atoms with Crippen molar-refractivity contribution < 1.29 is 4.79 Å². The molecule has 0 aromatic rings. The first-order chi connectivity index (χ1) is 5.75. The summed E-state index contributed by atoms with van der Waals surface area (Å²) in [6, 6.07) is 0. The molecule has 2 heteroatoms. The minimum absolute atomic E-state index is 0.123. The fraction of sp³-hybridized carbons (Fsp3) is 0.900. The molecule has 68 valence electrons. The van der Waals surface area contributed by atoms with E-state index in [0.717, 1.165) is 24.3 Å². The molecular formula is C10H17NO. The predicted octanol–water partition coefficient (Wildman–Crippen LogP) is 1.56. The van der Waals surface area contributed by atoms with Crippen LogP contribution in [0.15, 0.2) is 0 Å². The lowest BCUT2D eigenvalue weighted by atomic mass is 9.89. The van der Waals surface area contributed by atoms with Gasteiger partial charge in [-0.2, -0.15) is 0 Å². The molecule has 2 rings (SSSR count). The van der Waals surface area contributed by atoms with Crippen LogP contribution in [0.2, 0.25) is 0 Å². The van der Waals surface area contributed by atoms with Crippen LogP contribution in [0.3, 0.4) is 0 Å². The summed E-state index contributed by atoms with van der Waals surface area (Å²) in [5, 5.41) is 2.93. The predicted molar refractivity (Wildman–Crippen MR) is 47.6 cm³/mol. The molecule has 12 heavy (non-hydrogen) atoms. The maximum Gasteiger partial charge on any atom is 0.216 e. The summed E-state index contributed by atoms with van der Waals surface area (Å²) in [6.07, 6.45) is 5.66. The summed E-state index contributed by atoms with van der Waals surface area (Å²) in [6.45, 7) is 2.53. The van der Waals surface area contributed by atoms with Crippen molar-refractivity contribution in [3.63, 3.8) is 0 Å². The van der Waals surface area contributed by atoms with Crippen LogP contribution in [0.5, 0.6) is 0 Å². The molecule has 0 heterocycles. The van der Waals surface area contributed by atoms with Crippen molar-refractivity contribution in [2.45, 2.75) is 32.6 Å². The van der Waals surface area contributed by atoms with E-state index >= 15 is 0 Å². The molecule has 0 aromatic heterocycles. The Labute approximate surface area is 73.7 Å². The van der Waals surface area contributed by atoms with Gasteiger partial charge in [0.25, 0.3) is 0 Å².